The quantitative estimate of drug-likeness (QED) is 0.633. The molecule has 0 aromatic rings. The van der Waals surface area contributed by atoms with Crippen molar-refractivity contribution in [2.45, 2.75) is 38.1 Å². The van der Waals surface area contributed by atoms with E-state index in [2.05, 4.69) is 10.3 Å². The Balaban J connectivity index is 2.35. The minimum absolute atomic E-state index is 0.200. The van der Waals surface area contributed by atoms with E-state index in [4.69, 9.17) is 5.73 Å². The zero-order valence-electron chi connectivity index (χ0n) is 8.08. The van der Waals surface area contributed by atoms with Crippen molar-refractivity contribution in [3.63, 3.8) is 0 Å². The highest BCUT2D eigenvalue weighted by molar-refractivity contribution is 5.80. The molecule has 1 rings (SSSR count). The van der Waals surface area contributed by atoms with Crippen LogP contribution in [0.4, 0.5) is 0 Å². The standard InChI is InChI=1S/C9H18N2O2/c1-13-11-9(12)8(10)7-5-3-2-4-6-7/h7-8H,2-6,10H2,1H3,(H,11,12). The fourth-order valence-corrected chi connectivity index (χ4v) is 1.88. The number of hydrogen-bond acceptors (Lipinski definition) is 3. The van der Waals surface area contributed by atoms with Crippen LogP contribution in [0, 0.1) is 5.92 Å². The summed E-state index contributed by atoms with van der Waals surface area (Å²) in [6, 6.07) is -0.403. The van der Waals surface area contributed by atoms with E-state index in [1.54, 1.807) is 0 Å². The Kier molecular flexibility index (Phi) is 4.18. The molecule has 4 nitrogen and oxygen atoms in total. The molecule has 1 saturated carbocycles. The molecular formula is C9H18N2O2. The third-order valence-corrected chi connectivity index (χ3v) is 2.66. The molecule has 1 fully saturated rings. The highest BCUT2D eigenvalue weighted by Gasteiger charge is 2.25. The molecule has 1 amide bonds. The lowest BCUT2D eigenvalue weighted by Gasteiger charge is -2.26. The lowest BCUT2D eigenvalue weighted by Crippen LogP contribution is -2.45. The normalized spacial score (nSPS) is 21.1. The summed E-state index contributed by atoms with van der Waals surface area (Å²) in [5, 5.41) is 0. The van der Waals surface area contributed by atoms with Crippen LogP contribution < -0.4 is 11.2 Å². The third-order valence-electron chi connectivity index (χ3n) is 2.66. The molecule has 76 valence electrons. The second kappa shape index (κ2) is 5.19. The van der Waals surface area contributed by atoms with Crippen molar-refractivity contribution < 1.29 is 9.63 Å². The number of amides is 1. The van der Waals surface area contributed by atoms with Crippen LogP contribution in [0.15, 0.2) is 0 Å². The van der Waals surface area contributed by atoms with Crippen molar-refractivity contribution in [1.82, 2.24) is 5.48 Å². The van der Waals surface area contributed by atoms with E-state index in [0.29, 0.717) is 5.92 Å². The molecule has 1 aliphatic carbocycles. The summed E-state index contributed by atoms with van der Waals surface area (Å²) in [5.41, 5.74) is 8.06. The van der Waals surface area contributed by atoms with E-state index in [-0.39, 0.29) is 5.91 Å². The molecular weight excluding hydrogens is 168 g/mol. The summed E-state index contributed by atoms with van der Waals surface area (Å²) in [6.45, 7) is 0. The zero-order chi connectivity index (χ0) is 9.68. The lowest BCUT2D eigenvalue weighted by atomic mass is 9.84. The van der Waals surface area contributed by atoms with E-state index < -0.39 is 6.04 Å². The molecule has 0 heterocycles. The lowest BCUT2D eigenvalue weighted by molar-refractivity contribution is -0.134. The van der Waals surface area contributed by atoms with Crippen molar-refractivity contribution in [3.05, 3.63) is 0 Å². The molecule has 0 aliphatic heterocycles. The van der Waals surface area contributed by atoms with Gasteiger partial charge in [0, 0.05) is 0 Å². The molecule has 0 aromatic carbocycles. The fraction of sp³-hybridized carbons (Fsp3) is 0.889. The zero-order valence-corrected chi connectivity index (χ0v) is 8.08. The third kappa shape index (κ3) is 2.97. The Labute approximate surface area is 78.8 Å². The second-order valence-corrected chi connectivity index (χ2v) is 3.59. The van der Waals surface area contributed by atoms with Gasteiger partial charge in [-0.05, 0) is 18.8 Å². The van der Waals surface area contributed by atoms with Crippen LogP contribution in [0.5, 0.6) is 0 Å². The molecule has 13 heavy (non-hydrogen) atoms. The van der Waals surface area contributed by atoms with Gasteiger partial charge in [-0.3, -0.25) is 9.63 Å². The molecule has 0 bridgehead atoms. The molecule has 0 radical (unpaired) electrons. The van der Waals surface area contributed by atoms with E-state index in [1.165, 1.54) is 26.4 Å². The fourth-order valence-electron chi connectivity index (χ4n) is 1.88. The number of hydroxylamine groups is 1. The highest BCUT2D eigenvalue weighted by Crippen LogP contribution is 2.25. The van der Waals surface area contributed by atoms with Crippen LogP contribution in [0.1, 0.15) is 32.1 Å². The predicted octanol–water partition coefficient (Wildman–Crippen LogP) is 0.572. The number of rotatable bonds is 3. The maximum absolute atomic E-state index is 11.3. The van der Waals surface area contributed by atoms with Gasteiger partial charge in [-0.2, -0.15) is 0 Å². The maximum atomic E-state index is 11.3. The predicted molar refractivity (Wildman–Crippen MR) is 49.7 cm³/mol. The van der Waals surface area contributed by atoms with Crippen LogP contribution >= 0.6 is 0 Å². The molecule has 4 heteroatoms. The molecule has 0 saturated heterocycles. The minimum atomic E-state index is -0.403. The average Bonchev–Trinajstić information content (AvgIpc) is 2.18. The molecule has 0 spiro atoms. The Bertz CT molecular complexity index is 167. The topological polar surface area (TPSA) is 64.3 Å². The van der Waals surface area contributed by atoms with Gasteiger partial charge in [-0.25, -0.2) is 5.48 Å². The Morgan fingerprint density at radius 1 is 1.46 bits per heavy atom. The molecule has 0 aromatic heterocycles. The van der Waals surface area contributed by atoms with E-state index in [0.717, 1.165) is 12.8 Å². The van der Waals surface area contributed by atoms with Crippen molar-refractivity contribution in [1.29, 1.82) is 0 Å². The summed E-state index contributed by atoms with van der Waals surface area (Å²) < 4.78 is 0. The first-order valence-electron chi connectivity index (χ1n) is 4.84. The Hall–Kier alpha value is -0.610. The smallest absolute Gasteiger partial charge is 0.260 e. The molecule has 3 N–H and O–H groups in total. The number of carbonyl (C=O) groups excluding carboxylic acids is 1. The summed E-state index contributed by atoms with van der Waals surface area (Å²) in [5.74, 6) is 0.137. The highest BCUT2D eigenvalue weighted by atomic mass is 16.6. The van der Waals surface area contributed by atoms with Gasteiger partial charge in [0.25, 0.3) is 5.91 Å². The van der Waals surface area contributed by atoms with Gasteiger partial charge in [0.1, 0.15) is 0 Å². The van der Waals surface area contributed by atoms with Crippen molar-refractivity contribution >= 4 is 5.91 Å². The van der Waals surface area contributed by atoms with Crippen LogP contribution in [0.3, 0.4) is 0 Å². The van der Waals surface area contributed by atoms with E-state index in [1.807, 2.05) is 0 Å². The van der Waals surface area contributed by atoms with E-state index in [9.17, 15) is 4.79 Å². The molecule has 1 atom stereocenters. The second-order valence-electron chi connectivity index (χ2n) is 3.59. The van der Waals surface area contributed by atoms with Crippen LogP contribution in [-0.2, 0) is 9.63 Å². The average molecular weight is 186 g/mol. The van der Waals surface area contributed by atoms with Crippen molar-refractivity contribution in [2.75, 3.05) is 7.11 Å². The van der Waals surface area contributed by atoms with Crippen molar-refractivity contribution in [3.8, 4) is 0 Å². The summed E-state index contributed by atoms with van der Waals surface area (Å²) in [7, 11) is 1.42. The largest absolute Gasteiger partial charge is 0.320 e. The van der Waals surface area contributed by atoms with Gasteiger partial charge in [-0.15, -0.1) is 0 Å². The first kappa shape index (κ1) is 10.5. The van der Waals surface area contributed by atoms with Crippen LogP contribution in [0.25, 0.3) is 0 Å². The van der Waals surface area contributed by atoms with Gasteiger partial charge in [-0.1, -0.05) is 19.3 Å². The SMILES string of the molecule is CONC(=O)C(N)C1CCCCC1. The van der Waals surface area contributed by atoms with Gasteiger partial charge >= 0.3 is 0 Å². The monoisotopic (exact) mass is 186 g/mol. The first-order chi connectivity index (χ1) is 6.25. The Morgan fingerprint density at radius 2 is 2.08 bits per heavy atom. The molecule has 1 aliphatic rings. The summed E-state index contributed by atoms with van der Waals surface area (Å²) >= 11 is 0. The van der Waals surface area contributed by atoms with Gasteiger partial charge in [0.05, 0.1) is 13.2 Å². The first-order valence-corrected chi connectivity index (χ1v) is 4.84. The van der Waals surface area contributed by atoms with Gasteiger partial charge in [0.2, 0.25) is 0 Å². The van der Waals surface area contributed by atoms with Crippen LogP contribution in [0.2, 0.25) is 0 Å². The van der Waals surface area contributed by atoms with Crippen LogP contribution in [-0.4, -0.2) is 19.1 Å². The van der Waals surface area contributed by atoms with Crippen molar-refractivity contribution in [2.24, 2.45) is 11.7 Å². The maximum Gasteiger partial charge on any atom is 0.260 e. The summed E-state index contributed by atoms with van der Waals surface area (Å²) in [4.78, 5) is 15.8. The number of carbonyl (C=O) groups is 1. The van der Waals surface area contributed by atoms with Gasteiger partial charge < -0.3 is 5.73 Å². The summed E-state index contributed by atoms with van der Waals surface area (Å²) in [6.07, 6.45) is 5.79. The molecule has 1 unspecified atom stereocenters. The number of nitrogens with one attached hydrogen (secondary N) is 1. The van der Waals surface area contributed by atoms with E-state index >= 15 is 0 Å². The number of nitrogens with two attached hydrogens (primary N) is 1. The number of hydrogen-bond donors (Lipinski definition) is 2. The minimum Gasteiger partial charge on any atom is -0.320 e. The Morgan fingerprint density at radius 3 is 2.62 bits per heavy atom. The van der Waals surface area contributed by atoms with Gasteiger partial charge in [0.15, 0.2) is 0 Å².